The Morgan fingerprint density at radius 3 is 2.85 bits per heavy atom. The maximum absolute atomic E-state index is 11.3. The van der Waals surface area contributed by atoms with Gasteiger partial charge in [-0.05, 0) is 46.3 Å². The van der Waals surface area contributed by atoms with Gasteiger partial charge in [0.15, 0.2) is 0 Å². The average Bonchev–Trinajstić information content (AvgIpc) is 2.48. The van der Waals surface area contributed by atoms with Crippen LogP contribution in [-0.2, 0) is 11.3 Å². The van der Waals surface area contributed by atoms with Crippen LogP contribution >= 0.6 is 27.5 Å². The molecule has 0 aliphatic carbocycles. The van der Waals surface area contributed by atoms with E-state index in [1.807, 2.05) is 12.1 Å². The summed E-state index contributed by atoms with van der Waals surface area (Å²) in [6.45, 7) is 0.528. The summed E-state index contributed by atoms with van der Waals surface area (Å²) in [5.74, 6) is -0.394. The van der Waals surface area contributed by atoms with Crippen molar-refractivity contribution in [2.45, 2.75) is 6.54 Å². The number of nitrogens with one attached hydrogen (secondary N) is 1. The summed E-state index contributed by atoms with van der Waals surface area (Å²) in [7, 11) is 1.34. The topological polar surface area (TPSA) is 51.2 Å². The number of benzene rings is 1. The highest BCUT2D eigenvalue weighted by Gasteiger charge is 2.06. The second-order valence-electron chi connectivity index (χ2n) is 4.01. The van der Waals surface area contributed by atoms with E-state index in [9.17, 15) is 4.79 Å². The van der Waals surface area contributed by atoms with Crippen LogP contribution < -0.4 is 5.32 Å². The number of carbonyl (C=O) groups excluding carboxylic acids is 1. The van der Waals surface area contributed by atoms with Gasteiger partial charge in [0, 0.05) is 15.7 Å². The number of hydrogen-bond acceptors (Lipinski definition) is 4. The third-order valence-corrected chi connectivity index (χ3v) is 3.56. The van der Waals surface area contributed by atoms with Crippen LogP contribution in [0.4, 0.5) is 5.69 Å². The maximum atomic E-state index is 11.3. The van der Waals surface area contributed by atoms with Crippen molar-refractivity contribution in [1.82, 2.24) is 4.98 Å². The molecule has 2 rings (SSSR count). The smallest absolute Gasteiger partial charge is 0.339 e. The van der Waals surface area contributed by atoms with Gasteiger partial charge in [-0.15, -0.1) is 0 Å². The van der Waals surface area contributed by atoms with Crippen LogP contribution in [0, 0.1) is 0 Å². The second-order valence-corrected chi connectivity index (χ2v) is 5.30. The predicted octanol–water partition coefficient (Wildman–Crippen LogP) is 3.90. The zero-order chi connectivity index (χ0) is 14.5. The van der Waals surface area contributed by atoms with Crippen molar-refractivity contribution in [2.24, 2.45) is 0 Å². The zero-order valence-electron chi connectivity index (χ0n) is 10.7. The van der Waals surface area contributed by atoms with Crippen LogP contribution in [0.1, 0.15) is 16.1 Å². The molecular weight excluding hydrogens is 344 g/mol. The highest BCUT2D eigenvalue weighted by atomic mass is 79.9. The minimum Gasteiger partial charge on any atom is -0.465 e. The van der Waals surface area contributed by atoms with Crippen LogP contribution in [0.15, 0.2) is 41.0 Å². The Kier molecular flexibility index (Phi) is 4.98. The number of nitrogens with zero attached hydrogens (tertiary/aromatic N) is 1. The molecule has 6 heteroatoms. The summed E-state index contributed by atoms with van der Waals surface area (Å²) in [4.78, 5) is 15.5. The first kappa shape index (κ1) is 14.8. The number of carbonyl (C=O) groups is 1. The molecule has 0 aliphatic rings. The van der Waals surface area contributed by atoms with Gasteiger partial charge in [0.05, 0.1) is 30.6 Å². The number of pyridine rings is 1. The maximum Gasteiger partial charge on any atom is 0.339 e. The highest BCUT2D eigenvalue weighted by molar-refractivity contribution is 9.10. The number of hydrogen-bond donors (Lipinski definition) is 1. The number of methoxy groups -OCH3 is 1. The first-order chi connectivity index (χ1) is 9.60. The third kappa shape index (κ3) is 3.71. The number of aromatic nitrogens is 1. The fraction of sp³-hybridized carbons (Fsp3) is 0.143. The fourth-order valence-corrected chi connectivity index (χ4v) is 2.15. The van der Waals surface area contributed by atoms with Crippen molar-refractivity contribution in [3.05, 3.63) is 57.3 Å². The molecule has 1 aromatic heterocycles. The summed E-state index contributed by atoms with van der Waals surface area (Å²) in [6, 6.07) is 8.97. The Labute approximate surface area is 130 Å². The van der Waals surface area contributed by atoms with E-state index in [0.29, 0.717) is 17.1 Å². The van der Waals surface area contributed by atoms with E-state index in [2.05, 4.69) is 31.0 Å². The lowest BCUT2D eigenvalue weighted by molar-refractivity contribution is 0.0600. The molecule has 104 valence electrons. The van der Waals surface area contributed by atoms with Crippen LogP contribution in [0.25, 0.3) is 0 Å². The van der Waals surface area contributed by atoms with Crippen LogP contribution in [-0.4, -0.2) is 18.1 Å². The van der Waals surface area contributed by atoms with E-state index in [4.69, 9.17) is 11.6 Å². The Morgan fingerprint density at radius 1 is 1.40 bits per heavy atom. The molecule has 0 atom stereocenters. The van der Waals surface area contributed by atoms with Gasteiger partial charge in [-0.3, -0.25) is 4.98 Å². The number of ether oxygens (including phenoxy) is 1. The molecule has 0 bridgehead atoms. The number of rotatable bonds is 4. The van der Waals surface area contributed by atoms with Crippen molar-refractivity contribution >= 4 is 39.2 Å². The monoisotopic (exact) mass is 354 g/mol. The van der Waals surface area contributed by atoms with Gasteiger partial charge in [0.1, 0.15) is 0 Å². The van der Waals surface area contributed by atoms with Crippen molar-refractivity contribution in [2.75, 3.05) is 12.4 Å². The van der Waals surface area contributed by atoms with E-state index >= 15 is 0 Å². The molecule has 4 nitrogen and oxygen atoms in total. The first-order valence-electron chi connectivity index (χ1n) is 5.82. The summed E-state index contributed by atoms with van der Waals surface area (Å²) in [6.07, 6.45) is 1.50. The summed E-state index contributed by atoms with van der Waals surface area (Å²) < 4.78 is 5.54. The predicted molar refractivity (Wildman–Crippen MR) is 82.1 cm³/mol. The fourth-order valence-electron chi connectivity index (χ4n) is 1.59. The zero-order valence-corrected chi connectivity index (χ0v) is 13.0. The molecule has 0 radical (unpaired) electrons. The van der Waals surface area contributed by atoms with E-state index in [0.717, 1.165) is 15.9 Å². The Morgan fingerprint density at radius 2 is 2.20 bits per heavy atom. The lowest BCUT2D eigenvalue weighted by Crippen LogP contribution is -2.05. The van der Waals surface area contributed by atoms with E-state index in [-0.39, 0.29) is 0 Å². The molecule has 0 saturated carbocycles. The van der Waals surface area contributed by atoms with Gasteiger partial charge in [-0.1, -0.05) is 11.6 Å². The van der Waals surface area contributed by atoms with Crippen molar-refractivity contribution in [1.29, 1.82) is 0 Å². The molecule has 1 aromatic carbocycles. The van der Waals surface area contributed by atoms with E-state index in [1.165, 1.54) is 13.3 Å². The van der Waals surface area contributed by atoms with Gasteiger partial charge >= 0.3 is 5.97 Å². The lowest BCUT2D eigenvalue weighted by Gasteiger charge is -2.09. The average molecular weight is 356 g/mol. The van der Waals surface area contributed by atoms with Gasteiger partial charge in [-0.2, -0.15) is 0 Å². The van der Waals surface area contributed by atoms with Gasteiger partial charge in [-0.25, -0.2) is 4.79 Å². The second kappa shape index (κ2) is 6.72. The standard InChI is InChI=1S/C14H12BrClN2O2/c1-20-14(19)9-2-4-11(17-7-9)8-18-13-6-10(16)3-5-12(13)15/h2-7,18H,8H2,1H3. The molecule has 0 spiro atoms. The molecule has 0 amide bonds. The van der Waals surface area contributed by atoms with Crippen molar-refractivity contribution in [3.63, 3.8) is 0 Å². The quantitative estimate of drug-likeness (QED) is 0.845. The number of esters is 1. The normalized spacial score (nSPS) is 10.2. The first-order valence-corrected chi connectivity index (χ1v) is 6.99. The highest BCUT2D eigenvalue weighted by Crippen LogP contribution is 2.26. The molecule has 1 heterocycles. The van der Waals surface area contributed by atoms with Crippen molar-refractivity contribution in [3.8, 4) is 0 Å². The van der Waals surface area contributed by atoms with Crippen LogP contribution in [0.3, 0.4) is 0 Å². The van der Waals surface area contributed by atoms with Crippen LogP contribution in [0.2, 0.25) is 5.02 Å². The molecule has 0 fully saturated rings. The number of halogens is 2. The Bertz CT molecular complexity index is 617. The van der Waals surface area contributed by atoms with Gasteiger partial charge in [0.25, 0.3) is 0 Å². The summed E-state index contributed by atoms with van der Waals surface area (Å²) in [5, 5.41) is 3.88. The largest absolute Gasteiger partial charge is 0.465 e. The molecule has 0 aliphatic heterocycles. The lowest BCUT2D eigenvalue weighted by atomic mass is 10.2. The molecule has 0 saturated heterocycles. The molecule has 0 unspecified atom stereocenters. The van der Waals surface area contributed by atoms with Gasteiger partial charge < -0.3 is 10.1 Å². The Balaban J connectivity index is 2.04. The molecule has 20 heavy (non-hydrogen) atoms. The molecular formula is C14H12BrClN2O2. The summed E-state index contributed by atoms with van der Waals surface area (Å²) in [5.41, 5.74) is 2.13. The summed E-state index contributed by atoms with van der Waals surface area (Å²) >= 11 is 9.38. The van der Waals surface area contributed by atoms with E-state index in [1.54, 1.807) is 18.2 Å². The van der Waals surface area contributed by atoms with Gasteiger partial charge in [0.2, 0.25) is 0 Å². The van der Waals surface area contributed by atoms with E-state index < -0.39 is 5.97 Å². The minimum absolute atomic E-state index is 0.394. The molecule has 2 aromatic rings. The molecule has 1 N–H and O–H groups in total. The van der Waals surface area contributed by atoms with Crippen molar-refractivity contribution < 1.29 is 9.53 Å². The number of anilines is 1. The minimum atomic E-state index is -0.394. The van der Waals surface area contributed by atoms with Crippen LogP contribution in [0.5, 0.6) is 0 Å². The SMILES string of the molecule is COC(=O)c1ccc(CNc2cc(Cl)ccc2Br)nc1. The Hall–Kier alpha value is -1.59. The third-order valence-electron chi connectivity index (χ3n) is 2.63.